The van der Waals surface area contributed by atoms with Gasteiger partial charge >= 0.3 is 5.97 Å². The summed E-state index contributed by atoms with van der Waals surface area (Å²) in [5, 5.41) is 55.5. The number of rotatable bonds is 7. The summed E-state index contributed by atoms with van der Waals surface area (Å²) in [6, 6.07) is 0. The molecule has 6 N–H and O–H groups in total. The third-order valence-electron chi connectivity index (χ3n) is 10.4. The summed E-state index contributed by atoms with van der Waals surface area (Å²) >= 11 is 0. The van der Waals surface area contributed by atoms with Crippen molar-refractivity contribution in [1.29, 1.82) is 0 Å². The summed E-state index contributed by atoms with van der Waals surface area (Å²) in [6.45, 7) is 2.41. The van der Waals surface area contributed by atoms with E-state index in [-0.39, 0.29) is 60.3 Å². The van der Waals surface area contributed by atoms with Gasteiger partial charge in [0.25, 0.3) is 0 Å². The van der Waals surface area contributed by atoms with Crippen LogP contribution in [0.3, 0.4) is 0 Å². The van der Waals surface area contributed by atoms with E-state index in [4.69, 9.17) is 23.4 Å². The van der Waals surface area contributed by atoms with Crippen LogP contribution in [0.1, 0.15) is 80.4 Å². The molecule has 1 amide bonds. The van der Waals surface area contributed by atoms with Crippen molar-refractivity contribution in [2.24, 2.45) is 11.8 Å². The summed E-state index contributed by atoms with van der Waals surface area (Å²) in [4.78, 5) is 26.3. The molecule has 3 heterocycles. The lowest BCUT2D eigenvalue weighted by Gasteiger charge is -2.41. The van der Waals surface area contributed by atoms with Crippen molar-refractivity contribution in [3.8, 4) is 11.5 Å². The van der Waals surface area contributed by atoms with Crippen molar-refractivity contribution in [2.75, 3.05) is 13.2 Å². The highest BCUT2D eigenvalue weighted by atomic mass is 16.7. The van der Waals surface area contributed by atoms with Crippen LogP contribution in [0.4, 0.5) is 0 Å². The highest BCUT2D eigenvalue weighted by Crippen LogP contribution is 2.57. The number of carbonyl (C=O) groups is 2. The van der Waals surface area contributed by atoms with Gasteiger partial charge in [0.15, 0.2) is 17.6 Å². The number of fused-ring (bicyclic) bond motifs is 2. The zero-order valence-corrected chi connectivity index (χ0v) is 25.1. The average molecular weight is 632 g/mol. The summed E-state index contributed by atoms with van der Waals surface area (Å²) < 4.78 is 30.4. The standard InChI is InChI=1S/C32H41NO12/c1-2-41-31(40)14-8-13-9-16-18(11-33-29(16)37)19-12-42-26-21(19)20(13)17(10-14)25(28(26)43-15-6-4-3-5-7-15)44-32-24(36)22(34)23(35)27(45-32)30(38)39/h12-16,18,22-24,27,30,32,34-36,38-39H,2-11H2,1H3,(H,33,37)/t13-,14-,16+,18+,22-,23-,24+,27-,32-/m0/s1. The van der Waals surface area contributed by atoms with E-state index in [1.54, 1.807) is 13.2 Å². The average Bonchev–Trinajstić information content (AvgIpc) is 3.58. The third-order valence-corrected chi connectivity index (χ3v) is 10.4. The molecule has 9 atom stereocenters. The minimum Gasteiger partial charge on any atom is -0.483 e. The van der Waals surface area contributed by atoms with Crippen molar-refractivity contribution in [2.45, 2.75) is 113 Å². The quantitative estimate of drug-likeness (QED) is 0.188. The van der Waals surface area contributed by atoms with Gasteiger partial charge in [0.2, 0.25) is 17.9 Å². The Hall–Kier alpha value is -2.94. The van der Waals surface area contributed by atoms with E-state index in [9.17, 15) is 35.1 Å². The molecular formula is C32H41NO12. The molecule has 2 aliphatic heterocycles. The predicted octanol–water partition coefficient (Wildman–Crippen LogP) is 1.08. The van der Waals surface area contributed by atoms with Crippen molar-refractivity contribution >= 4 is 22.8 Å². The van der Waals surface area contributed by atoms with Crippen LogP contribution >= 0.6 is 0 Å². The molecule has 2 aromatic rings. The lowest BCUT2D eigenvalue weighted by atomic mass is 9.72. The molecule has 3 aliphatic carbocycles. The molecule has 2 saturated heterocycles. The van der Waals surface area contributed by atoms with Gasteiger partial charge in [-0.2, -0.15) is 0 Å². The van der Waals surface area contributed by atoms with Crippen molar-refractivity contribution in [3.05, 3.63) is 23.0 Å². The molecule has 13 nitrogen and oxygen atoms in total. The first kappa shape index (κ1) is 30.7. The number of nitrogens with one attached hydrogen (secondary N) is 1. The molecular weight excluding hydrogens is 590 g/mol. The monoisotopic (exact) mass is 631 g/mol. The Balaban J connectivity index is 1.42. The van der Waals surface area contributed by atoms with Crippen molar-refractivity contribution < 1.29 is 58.5 Å². The molecule has 5 aliphatic rings. The second kappa shape index (κ2) is 12.0. The third kappa shape index (κ3) is 5.17. The van der Waals surface area contributed by atoms with Crippen LogP contribution in [-0.4, -0.2) is 93.7 Å². The van der Waals surface area contributed by atoms with Gasteiger partial charge in [-0.3, -0.25) is 9.59 Å². The highest BCUT2D eigenvalue weighted by molar-refractivity contribution is 5.97. The number of esters is 1. The van der Waals surface area contributed by atoms with Crippen LogP contribution in [-0.2, 0) is 25.5 Å². The Morgan fingerprint density at radius 1 is 1.02 bits per heavy atom. The van der Waals surface area contributed by atoms with Crippen LogP contribution in [0, 0.1) is 11.8 Å². The van der Waals surface area contributed by atoms with Gasteiger partial charge in [-0.05, 0) is 63.4 Å². The molecule has 246 valence electrons. The topological polar surface area (TPSA) is 197 Å². The Bertz CT molecular complexity index is 1450. The van der Waals surface area contributed by atoms with E-state index < -0.39 is 42.9 Å². The number of hydrogen-bond donors (Lipinski definition) is 6. The first-order valence-corrected chi connectivity index (χ1v) is 16.1. The smallest absolute Gasteiger partial charge is 0.309 e. The Kier molecular flexibility index (Phi) is 8.20. The summed E-state index contributed by atoms with van der Waals surface area (Å²) in [7, 11) is 0. The van der Waals surface area contributed by atoms with Crippen LogP contribution in [0.5, 0.6) is 11.5 Å². The summed E-state index contributed by atoms with van der Waals surface area (Å²) in [5.74, 6) is -1.24. The number of furan rings is 1. The van der Waals surface area contributed by atoms with Gasteiger partial charge in [0, 0.05) is 34.9 Å². The van der Waals surface area contributed by atoms with E-state index in [0.717, 1.165) is 48.6 Å². The molecule has 0 unspecified atom stereocenters. The number of carbonyl (C=O) groups excluding carboxylic acids is 2. The van der Waals surface area contributed by atoms with Crippen molar-refractivity contribution in [3.63, 3.8) is 0 Å². The highest BCUT2D eigenvalue weighted by Gasteiger charge is 2.50. The second-order valence-electron chi connectivity index (χ2n) is 13.1. The van der Waals surface area contributed by atoms with Crippen LogP contribution in [0.15, 0.2) is 10.7 Å². The van der Waals surface area contributed by atoms with E-state index >= 15 is 0 Å². The number of hydrogen-bond acceptors (Lipinski definition) is 12. The summed E-state index contributed by atoms with van der Waals surface area (Å²) in [5.41, 5.74) is 2.82. The van der Waals surface area contributed by atoms with Crippen LogP contribution in [0.25, 0.3) is 11.0 Å². The van der Waals surface area contributed by atoms with Crippen LogP contribution < -0.4 is 14.8 Å². The van der Waals surface area contributed by atoms with E-state index in [1.165, 1.54) is 0 Å². The zero-order chi connectivity index (χ0) is 31.6. The molecule has 1 aromatic heterocycles. The van der Waals surface area contributed by atoms with Gasteiger partial charge in [-0.15, -0.1) is 0 Å². The number of amides is 1. The molecule has 13 heteroatoms. The lowest BCUT2D eigenvalue weighted by molar-refractivity contribution is -0.310. The molecule has 1 saturated carbocycles. The lowest BCUT2D eigenvalue weighted by Crippen LogP contribution is -2.62. The molecule has 0 bridgehead atoms. The fourth-order valence-corrected chi connectivity index (χ4v) is 8.19. The number of ether oxygens (including phenoxy) is 4. The van der Waals surface area contributed by atoms with E-state index in [1.807, 2.05) is 0 Å². The maximum absolute atomic E-state index is 13.3. The van der Waals surface area contributed by atoms with Gasteiger partial charge in [0.1, 0.15) is 24.4 Å². The maximum atomic E-state index is 13.3. The molecule has 0 spiro atoms. The van der Waals surface area contributed by atoms with E-state index in [2.05, 4.69) is 5.32 Å². The Labute approximate surface area is 259 Å². The first-order valence-electron chi connectivity index (χ1n) is 16.1. The summed E-state index contributed by atoms with van der Waals surface area (Å²) in [6.07, 6.45) is -3.54. The minimum atomic E-state index is -2.17. The molecule has 0 radical (unpaired) electrons. The number of benzene rings is 1. The van der Waals surface area contributed by atoms with Gasteiger partial charge in [-0.25, -0.2) is 0 Å². The number of aliphatic hydroxyl groups is 5. The number of aliphatic hydroxyl groups excluding tert-OH is 4. The fourth-order valence-electron chi connectivity index (χ4n) is 8.19. The van der Waals surface area contributed by atoms with Gasteiger partial charge in [-0.1, -0.05) is 6.42 Å². The zero-order valence-electron chi connectivity index (χ0n) is 25.1. The largest absolute Gasteiger partial charge is 0.483 e. The first-order chi connectivity index (χ1) is 21.7. The molecule has 7 rings (SSSR count). The molecule has 3 fully saturated rings. The molecule has 45 heavy (non-hydrogen) atoms. The van der Waals surface area contributed by atoms with Gasteiger partial charge in [0.05, 0.1) is 24.9 Å². The van der Waals surface area contributed by atoms with Crippen LogP contribution in [0.2, 0.25) is 0 Å². The SMILES string of the molecule is CCOC(=O)[C@@H]1Cc2c(O[C@H]3O[C@H](C(O)O)[C@@H](O)[C@H](O)[C@H]3O)c(OC3CCCCC3)c3occ4c3c2[C@@H](C1)C[C@H]1C(=O)NC[C@@H]41. The Morgan fingerprint density at radius 2 is 1.80 bits per heavy atom. The van der Waals surface area contributed by atoms with Crippen molar-refractivity contribution in [1.82, 2.24) is 5.32 Å². The Morgan fingerprint density at radius 3 is 2.53 bits per heavy atom. The van der Waals surface area contributed by atoms with Gasteiger partial charge < -0.3 is 54.2 Å². The fraction of sp³-hybridized carbons (Fsp3) is 0.688. The molecule has 1 aromatic carbocycles. The maximum Gasteiger partial charge on any atom is 0.309 e. The van der Waals surface area contributed by atoms with E-state index in [0.29, 0.717) is 30.5 Å². The second-order valence-corrected chi connectivity index (χ2v) is 13.1. The normalized spacial score (nSPS) is 34.7. The predicted molar refractivity (Wildman–Crippen MR) is 154 cm³/mol. The minimum absolute atomic E-state index is 0.0445.